The molecule has 3 aromatic heterocycles. The van der Waals surface area contributed by atoms with Crippen LogP contribution in [-0.2, 0) is 42.0 Å². The number of oxazole rings is 1. The molecule has 0 bridgehead atoms. The lowest BCUT2D eigenvalue weighted by Crippen LogP contribution is -2.39. The van der Waals surface area contributed by atoms with Gasteiger partial charge in [0.2, 0.25) is 11.8 Å². The molecule has 0 saturated carbocycles. The Morgan fingerprint density at radius 1 is 1.19 bits per heavy atom. The molecule has 0 spiro atoms. The molecule has 4 aromatic rings. The number of carbonyl (C=O) groups excluding carboxylic acids is 2. The molecule has 0 fully saturated rings. The maximum Gasteiger partial charge on any atom is 0.410 e. The van der Waals surface area contributed by atoms with E-state index in [2.05, 4.69) is 26.7 Å². The number of benzene rings is 1. The van der Waals surface area contributed by atoms with Gasteiger partial charge in [0, 0.05) is 21.9 Å². The molecule has 1 atom stereocenters. The molecule has 1 aromatic carbocycles. The van der Waals surface area contributed by atoms with E-state index in [4.69, 9.17) is 9.15 Å². The zero-order valence-electron chi connectivity index (χ0n) is 24.4. The van der Waals surface area contributed by atoms with Crippen molar-refractivity contribution < 1.29 is 18.7 Å². The Morgan fingerprint density at radius 3 is 2.79 bits per heavy atom. The minimum atomic E-state index is -0.543. The van der Waals surface area contributed by atoms with Crippen LogP contribution in [0.3, 0.4) is 0 Å². The molecule has 2 aliphatic heterocycles. The van der Waals surface area contributed by atoms with Crippen molar-refractivity contribution in [1.29, 1.82) is 0 Å². The van der Waals surface area contributed by atoms with Crippen LogP contribution in [-0.4, -0.2) is 43.6 Å². The predicted molar refractivity (Wildman–Crippen MR) is 162 cm³/mol. The second-order valence-electron chi connectivity index (χ2n) is 11.8. The number of hydrogen-bond donors (Lipinski definition) is 2. The number of aryl methyl sites for hydroxylation is 1. The van der Waals surface area contributed by atoms with Gasteiger partial charge in [-0.3, -0.25) is 14.2 Å². The summed E-state index contributed by atoms with van der Waals surface area (Å²) in [6, 6.07) is 11.5. The molecular formula is C31H34N6O5S. The molecule has 12 heteroatoms. The summed E-state index contributed by atoms with van der Waals surface area (Å²) in [5, 5.41) is 6.19. The van der Waals surface area contributed by atoms with E-state index in [0.717, 1.165) is 21.7 Å². The molecule has 0 radical (unpaired) electrons. The van der Waals surface area contributed by atoms with Crippen molar-refractivity contribution in [1.82, 2.24) is 24.8 Å². The second kappa shape index (κ2) is 11.7. The Balaban J connectivity index is 1.06. The van der Waals surface area contributed by atoms with Gasteiger partial charge in [-0.25, -0.2) is 14.8 Å². The highest BCUT2D eigenvalue weighted by atomic mass is 32.1. The monoisotopic (exact) mass is 602 g/mol. The van der Waals surface area contributed by atoms with Crippen LogP contribution >= 0.6 is 11.3 Å². The first-order valence-electron chi connectivity index (χ1n) is 14.3. The summed E-state index contributed by atoms with van der Waals surface area (Å²) in [6.07, 6.45) is 4.85. The van der Waals surface area contributed by atoms with Gasteiger partial charge < -0.3 is 24.7 Å². The normalized spacial score (nSPS) is 16.2. The molecular weight excluding hydrogens is 568 g/mol. The minimum absolute atomic E-state index is 0.149. The van der Waals surface area contributed by atoms with Crippen LogP contribution in [0.15, 0.2) is 58.1 Å². The smallest absolute Gasteiger partial charge is 0.410 e. The van der Waals surface area contributed by atoms with E-state index in [-0.39, 0.29) is 30.1 Å². The highest BCUT2D eigenvalue weighted by Gasteiger charge is 2.28. The van der Waals surface area contributed by atoms with Gasteiger partial charge in [-0.05, 0) is 63.8 Å². The molecule has 43 heavy (non-hydrogen) atoms. The molecule has 2 amide bonds. The van der Waals surface area contributed by atoms with Gasteiger partial charge in [0.05, 0.1) is 37.3 Å². The number of hydrogen-bond acceptors (Lipinski definition) is 9. The average Bonchev–Trinajstić information content (AvgIpc) is 3.64. The quantitative estimate of drug-likeness (QED) is 0.326. The number of nitrogens with zero attached hydrogens (tertiary/aromatic N) is 4. The van der Waals surface area contributed by atoms with Crippen LogP contribution in [0.4, 0.5) is 10.5 Å². The number of nitrogens with one attached hydrogen (secondary N) is 2. The highest BCUT2D eigenvalue weighted by molar-refractivity contribution is 7.12. The summed E-state index contributed by atoms with van der Waals surface area (Å²) >= 11 is 1.57. The van der Waals surface area contributed by atoms with E-state index < -0.39 is 5.60 Å². The highest BCUT2D eigenvalue weighted by Crippen LogP contribution is 2.32. The van der Waals surface area contributed by atoms with E-state index in [9.17, 15) is 14.4 Å². The Hall–Kier alpha value is -4.45. The summed E-state index contributed by atoms with van der Waals surface area (Å²) < 4.78 is 12.8. The van der Waals surface area contributed by atoms with Crippen molar-refractivity contribution in [3.63, 3.8) is 0 Å². The maximum absolute atomic E-state index is 13.3. The van der Waals surface area contributed by atoms with E-state index in [1.165, 1.54) is 16.5 Å². The van der Waals surface area contributed by atoms with Crippen molar-refractivity contribution in [2.24, 2.45) is 0 Å². The van der Waals surface area contributed by atoms with Crippen molar-refractivity contribution in [3.8, 4) is 11.5 Å². The Morgan fingerprint density at radius 2 is 2.00 bits per heavy atom. The van der Waals surface area contributed by atoms with Crippen LogP contribution in [0.25, 0.3) is 11.5 Å². The Kier molecular flexibility index (Phi) is 7.78. The first-order chi connectivity index (χ1) is 20.6. The van der Waals surface area contributed by atoms with Crippen molar-refractivity contribution in [3.05, 3.63) is 86.0 Å². The number of fused-ring (bicyclic) bond motifs is 2. The number of thiophene rings is 1. The van der Waals surface area contributed by atoms with Crippen molar-refractivity contribution in [2.75, 3.05) is 11.9 Å². The van der Waals surface area contributed by atoms with E-state index >= 15 is 0 Å². The van der Waals surface area contributed by atoms with Crippen LogP contribution in [0.2, 0.25) is 0 Å². The van der Waals surface area contributed by atoms with Crippen LogP contribution in [0, 0.1) is 0 Å². The fraction of sp³-hybridized carbons (Fsp3) is 0.387. The number of carbonyl (C=O) groups is 2. The zero-order valence-corrected chi connectivity index (χ0v) is 25.2. The van der Waals surface area contributed by atoms with Gasteiger partial charge in [0.1, 0.15) is 23.6 Å². The number of ether oxygens (including phenoxy) is 1. The second-order valence-corrected chi connectivity index (χ2v) is 13.0. The third-order valence-corrected chi connectivity index (χ3v) is 8.51. The Labute approximate surface area is 252 Å². The summed E-state index contributed by atoms with van der Waals surface area (Å²) in [6.45, 7) is 6.84. The van der Waals surface area contributed by atoms with E-state index in [0.29, 0.717) is 55.5 Å². The molecule has 1 unspecified atom stereocenters. The fourth-order valence-electron chi connectivity index (χ4n) is 5.22. The van der Waals surface area contributed by atoms with Gasteiger partial charge in [-0.15, -0.1) is 11.3 Å². The lowest BCUT2D eigenvalue weighted by Gasteiger charge is -2.29. The number of anilines is 1. The number of amides is 2. The lowest BCUT2D eigenvalue weighted by atomic mass is 10.0. The molecule has 6 rings (SSSR count). The summed E-state index contributed by atoms with van der Waals surface area (Å²) in [5.74, 6) is 0.876. The van der Waals surface area contributed by atoms with Crippen LogP contribution < -0.4 is 16.2 Å². The molecule has 0 saturated heterocycles. The van der Waals surface area contributed by atoms with Gasteiger partial charge in [0.25, 0.3) is 5.56 Å². The fourth-order valence-corrected chi connectivity index (χ4v) is 6.39. The first kappa shape index (κ1) is 28.7. The molecule has 2 aliphatic rings. The van der Waals surface area contributed by atoms with Gasteiger partial charge in [0.15, 0.2) is 0 Å². The third-order valence-electron chi connectivity index (χ3n) is 7.35. The lowest BCUT2D eigenvalue weighted by molar-refractivity contribution is -0.121. The standard InChI is InChI=1S/C31H34N6O5S/c1-31(2,3)42-30(40)36-12-11-20-13-21(43-25(20)16-36)14-32-26(38)17-37-18-34-23-10-9-22(35-27(23)29(37)39)24-15-33-28(41-24)19-7-5-4-6-8-19/h4-8,13,15,18,22,35H,9-12,14,16-17H2,1-3H3,(H,32,38). The third kappa shape index (κ3) is 6.48. The van der Waals surface area contributed by atoms with Gasteiger partial charge in [-0.1, -0.05) is 18.2 Å². The van der Waals surface area contributed by atoms with Crippen molar-refractivity contribution in [2.45, 2.75) is 71.3 Å². The first-order valence-corrected chi connectivity index (χ1v) is 15.2. The molecule has 224 valence electrons. The largest absolute Gasteiger partial charge is 0.444 e. The molecule has 0 aliphatic carbocycles. The van der Waals surface area contributed by atoms with Crippen LogP contribution in [0.1, 0.15) is 60.0 Å². The van der Waals surface area contributed by atoms with Crippen molar-refractivity contribution >= 4 is 29.0 Å². The number of rotatable bonds is 6. The SMILES string of the molecule is CC(C)(C)OC(=O)N1CCc2cc(CNC(=O)Cn3cnc4c(c3=O)NC(c3cnc(-c5ccccc5)o3)CC4)sc2C1. The summed E-state index contributed by atoms with van der Waals surface area (Å²) in [4.78, 5) is 51.3. The average molecular weight is 603 g/mol. The van der Waals surface area contributed by atoms with Gasteiger partial charge >= 0.3 is 6.09 Å². The molecule has 5 heterocycles. The molecule has 11 nitrogen and oxygen atoms in total. The summed E-state index contributed by atoms with van der Waals surface area (Å²) in [5.41, 5.74) is 2.27. The Bertz CT molecular complexity index is 1700. The number of aromatic nitrogens is 3. The minimum Gasteiger partial charge on any atom is -0.444 e. The van der Waals surface area contributed by atoms with Crippen LogP contribution in [0.5, 0.6) is 0 Å². The summed E-state index contributed by atoms with van der Waals surface area (Å²) in [7, 11) is 0. The van der Waals surface area contributed by atoms with Gasteiger partial charge in [-0.2, -0.15) is 0 Å². The zero-order chi connectivity index (χ0) is 30.1. The predicted octanol–water partition coefficient (Wildman–Crippen LogP) is 4.67. The van der Waals surface area contributed by atoms with E-state index in [1.807, 2.05) is 51.1 Å². The topological polar surface area (TPSA) is 132 Å². The maximum atomic E-state index is 13.3. The van der Waals surface area contributed by atoms with E-state index in [1.54, 1.807) is 22.4 Å². The molecule has 2 N–H and O–H groups in total.